The van der Waals surface area contributed by atoms with Crippen molar-refractivity contribution in [2.75, 3.05) is 42.1 Å². The zero-order valence-corrected chi connectivity index (χ0v) is 22.6. The van der Waals surface area contributed by atoms with Gasteiger partial charge in [-0.25, -0.2) is 15.0 Å². The lowest BCUT2D eigenvalue weighted by atomic mass is 9.99. The summed E-state index contributed by atoms with van der Waals surface area (Å²) in [5.41, 5.74) is 8.04. The fourth-order valence-electron chi connectivity index (χ4n) is 5.81. The monoisotopic (exact) mass is 545 g/mol. The third-order valence-electron chi connectivity index (χ3n) is 7.86. The normalized spacial score (nSPS) is 17.3. The van der Waals surface area contributed by atoms with Gasteiger partial charge in [-0.2, -0.15) is 0 Å². The van der Waals surface area contributed by atoms with E-state index in [1.165, 1.54) is 25.8 Å². The molecule has 2 aromatic carbocycles. The summed E-state index contributed by atoms with van der Waals surface area (Å²) in [5.74, 6) is 2.97. The highest BCUT2D eigenvalue weighted by molar-refractivity contribution is 5.99. The second kappa shape index (κ2) is 11.0. The molecule has 10 nitrogen and oxygen atoms in total. The molecule has 0 saturated carbocycles. The Bertz CT molecular complexity index is 1680. The van der Waals surface area contributed by atoms with E-state index in [1.54, 1.807) is 18.5 Å². The molecule has 1 unspecified atom stereocenters. The molecule has 3 N–H and O–H groups in total. The van der Waals surface area contributed by atoms with Gasteiger partial charge in [-0.1, -0.05) is 30.7 Å². The number of ether oxygens (including phenoxy) is 1. The number of piperazine rings is 1. The van der Waals surface area contributed by atoms with Gasteiger partial charge in [-0.15, -0.1) is 10.2 Å². The van der Waals surface area contributed by atoms with Crippen LogP contribution in [0.4, 0.5) is 23.3 Å². The highest BCUT2D eigenvalue weighted by atomic mass is 16.5. The molecule has 2 fully saturated rings. The first-order chi connectivity index (χ1) is 20.2. The summed E-state index contributed by atoms with van der Waals surface area (Å²) in [6.45, 7) is 4.29. The van der Waals surface area contributed by atoms with E-state index in [0.717, 1.165) is 53.3 Å². The topological polar surface area (TPSA) is 118 Å². The number of aromatic nitrogens is 5. The third kappa shape index (κ3) is 5.21. The largest absolute Gasteiger partial charge is 0.438 e. The molecule has 0 radical (unpaired) electrons. The number of anilines is 4. The van der Waals surface area contributed by atoms with Gasteiger partial charge >= 0.3 is 0 Å². The van der Waals surface area contributed by atoms with Gasteiger partial charge in [0.15, 0.2) is 11.6 Å². The summed E-state index contributed by atoms with van der Waals surface area (Å²) >= 11 is 0. The fraction of sp³-hybridized carbons (Fsp3) is 0.258. The molecule has 5 aromatic rings. The number of fused-ring (bicyclic) bond motifs is 2. The van der Waals surface area contributed by atoms with Crippen LogP contribution in [0, 0.1) is 0 Å². The predicted molar refractivity (Wildman–Crippen MR) is 160 cm³/mol. The summed E-state index contributed by atoms with van der Waals surface area (Å²) in [4.78, 5) is 17.7. The Morgan fingerprint density at radius 2 is 1.71 bits per heavy atom. The average molecular weight is 546 g/mol. The lowest BCUT2D eigenvalue weighted by Crippen LogP contribution is -2.55. The standard InChI is InChI=1S/C31H31N9O/c32-31-34-16-14-27(36-31)26-9-5-15-33-30(26)41-23-12-10-21(11-13-23)35-28-24-7-1-2-8-25(24)29(38-37-28)40-19-18-39-17-4-3-6-22(39)20-40/h1-2,5,7-16,22H,3-4,6,17-20H2,(H,35,37)(H2,32,34,36). The number of pyridine rings is 1. The number of hydrogen-bond acceptors (Lipinski definition) is 10. The van der Waals surface area contributed by atoms with Gasteiger partial charge < -0.3 is 20.7 Å². The number of nitrogens with zero attached hydrogens (tertiary/aromatic N) is 7. The zero-order chi connectivity index (χ0) is 27.6. The molecule has 41 heavy (non-hydrogen) atoms. The number of nitrogen functional groups attached to an aromatic ring is 1. The van der Waals surface area contributed by atoms with Crippen molar-refractivity contribution >= 4 is 34.0 Å². The first-order valence-corrected chi connectivity index (χ1v) is 14.0. The van der Waals surface area contributed by atoms with Crippen LogP contribution in [-0.4, -0.2) is 62.3 Å². The van der Waals surface area contributed by atoms with E-state index in [2.05, 4.69) is 53.4 Å². The van der Waals surface area contributed by atoms with Crippen molar-refractivity contribution < 1.29 is 4.74 Å². The zero-order valence-electron chi connectivity index (χ0n) is 22.6. The number of nitrogens with two attached hydrogens (primary N) is 1. The third-order valence-corrected chi connectivity index (χ3v) is 7.86. The Labute approximate surface area is 238 Å². The molecule has 0 aliphatic carbocycles. The Hall–Kier alpha value is -4.83. The molecule has 0 amide bonds. The summed E-state index contributed by atoms with van der Waals surface area (Å²) in [6.07, 6.45) is 7.19. The molecular weight excluding hydrogens is 514 g/mol. The summed E-state index contributed by atoms with van der Waals surface area (Å²) in [6, 6.07) is 22.2. The van der Waals surface area contributed by atoms with E-state index in [0.29, 0.717) is 23.4 Å². The number of hydrogen-bond donors (Lipinski definition) is 2. The first kappa shape index (κ1) is 25.2. The van der Waals surface area contributed by atoms with Crippen LogP contribution in [0.3, 0.4) is 0 Å². The second-order valence-corrected chi connectivity index (χ2v) is 10.5. The smallest absolute Gasteiger partial charge is 0.228 e. The van der Waals surface area contributed by atoms with E-state index in [1.807, 2.05) is 42.5 Å². The Morgan fingerprint density at radius 1 is 0.829 bits per heavy atom. The Kier molecular flexibility index (Phi) is 6.73. The van der Waals surface area contributed by atoms with Gasteiger partial charge in [-0.3, -0.25) is 4.90 Å². The van der Waals surface area contributed by atoms with Crippen molar-refractivity contribution in [3.05, 3.63) is 79.1 Å². The van der Waals surface area contributed by atoms with Crippen molar-refractivity contribution in [3.8, 4) is 22.9 Å². The number of piperidine rings is 1. The fourth-order valence-corrected chi connectivity index (χ4v) is 5.81. The quantitative estimate of drug-likeness (QED) is 0.292. The van der Waals surface area contributed by atoms with Crippen molar-refractivity contribution in [2.24, 2.45) is 0 Å². The highest BCUT2D eigenvalue weighted by Gasteiger charge is 2.30. The van der Waals surface area contributed by atoms with Crippen LogP contribution < -0.4 is 20.7 Å². The molecule has 3 aromatic heterocycles. The van der Waals surface area contributed by atoms with Gasteiger partial charge in [-0.05, 0) is 61.9 Å². The van der Waals surface area contributed by atoms with Crippen LogP contribution in [0.5, 0.6) is 11.6 Å². The summed E-state index contributed by atoms with van der Waals surface area (Å²) in [7, 11) is 0. The van der Waals surface area contributed by atoms with Crippen LogP contribution in [0.15, 0.2) is 79.1 Å². The van der Waals surface area contributed by atoms with Crippen LogP contribution in [0.2, 0.25) is 0 Å². The highest BCUT2D eigenvalue weighted by Crippen LogP contribution is 2.34. The van der Waals surface area contributed by atoms with Gasteiger partial charge in [0, 0.05) is 54.5 Å². The van der Waals surface area contributed by atoms with Crippen LogP contribution >= 0.6 is 0 Å². The van der Waals surface area contributed by atoms with Gasteiger partial charge in [0.1, 0.15) is 5.75 Å². The van der Waals surface area contributed by atoms with E-state index >= 15 is 0 Å². The number of nitrogens with one attached hydrogen (secondary N) is 1. The van der Waals surface area contributed by atoms with Crippen molar-refractivity contribution in [2.45, 2.75) is 25.3 Å². The molecule has 206 valence electrons. The predicted octanol–water partition coefficient (Wildman–Crippen LogP) is 5.27. The van der Waals surface area contributed by atoms with Crippen LogP contribution in [0.1, 0.15) is 19.3 Å². The summed E-state index contributed by atoms with van der Waals surface area (Å²) < 4.78 is 6.12. The molecule has 1 atom stereocenters. The molecule has 0 spiro atoms. The minimum atomic E-state index is 0.197. The molecule has 0 bridgehead atoms. The van der Waals surface area contributed by atoms with Gasteiger partial charge in [0.25, 0.3) is 0 Å². The van der Waals surface area contributed by atoms with Crippen molar-refractivity contribution in [1.29, 1.82) is 0 Å². The van der Waals surface area contributed by atoms with Gasteiger partial charge in [0.2, 0.25) is 11.8 Å². The maximum atomic E-state index is 6.12. The van der Waals surface area contributed by atoms with E-state index in [-0.39, 0.29) is 5.95 Å². The van der Waals surface area contributed by atoms with E-state index in [4.69, 9.17) is 15.6 Å². The van der Waals surface area contributed by atoms with E-state index in [9.17, 15) is 0 Å². The number of benzene rings is 2. The minimum Gasteiger partial charge on any atom is -0.438 e. The van der Waals surface area contributed by atoms with Gasteiger partial charge in [0.05, 0.1) is 11.3 Å². The lowest BCUT2D eigenvalue weighted by Gasteiger charge is -2.44. The van der Waals surface area contributed by atoms with Crippen molar-refractivity contribution in [1.82, 2.24) is 30.0 Å². The lowest BCUT2D eigenvalue weighted by molar-refractivity contribution is 0.133. The van der Waals surface area contributed by atoms with Crippen LogP contribution in [0.25, 0.3) is 22.0 Å². The Morgan fingerprint density at radius 3 is 2.59 bits per heavy atom. The molecule has 2 saturated heterocycles. The molecule has 7 rings (SSSR count). The maximum absolute atomic E-state index is 6.12. The molecule has 5 heterocycles. The maximum Gasteiger partial charge on any atom is 0.228 e. The Balaban J connectivity index is 1.10. The molecule has 10 heteroatoms. The molecule has 2 aliphatic rings. The second-order valence-electron chi connectivity index (χ2n) is 10.5. The SMILES string of the molecule is Nc1nccc(-c2cccnc2Oc2ccc(Nc3nnc(N4CCN5CCCCC5C4)c4ccccc34)cc2)n1. The minimum absolute atomic E-state index is 0.197. The average Bonchev–Trinajstić information content (AvgIpc) is 3.02. The summed E-state index contributed by atoms with van der Waals surface area (Å²) in [5, 5.41) is 15.0. The molecular formula is C31H31N9O. The van der Waals surface area contributed by atoms with Crippen LogP contribution in [-0.2, 0) is 0 Å². The molecule has 2 aliphatic heterocycles. The van der Waals surface area contributed by atoms with E-state index < -0.39 is 0 Å². The van der Waals surface area contributed by atoms with Crippen molar-refractivity contribution in [3.63, 3.8) is 0 Å². The first-order valence-electron chi connectivity index (χ1n) is 14.0. The number of rotatable bonds is 6.